The van der Waals surface area contributed by atoms with Gasteiger partial charge in [0.2, 0.25) is 0 Å². The summed E-state index contributed by atoms with van der Waals surface area (Å²) < 4.78 is 5.19. The first-order valence-electron chi connectivity index (χ1n) is 7.23. The third-order valence-electron chi connectivity index (χ3n) is 3.48. The Morgan fingerprint density at radius 3 is 2.20 bits per heavy atom. The third kappa shape index (κ3) is 3.92. The van der Waals surface area contributed by atoms with Crippen LogP contribution in [0.3, 0.4) is 0 Å². The Balaban J connectivity index is 2.13. The van der Waals surface area contributed by atoms with Gasteiger partial charge in [-0.1, -0.05) is 61.5 Å². The van der Waals surface area contributed by atoms with Gasteiger partial charge < -0.3 is 10.1 Å². The smallest absolute Gasteiger partial charge is 0.0480 e. The highest BCUT2D eigenvalue weighted by Crippen LogP contribution is 2.23. The highest BCUT2D eigenvalue weighted by molar-refractivity contribution is 5.63. The Kier molecular flexibility index (Phi) is 5.78. The molecule has 0 aliphatic rings. The van der Waals surface area contributed by atoms with Gasteiger partial charge in [-0.05, 0) is 29.7 Å². The lowest BCUT2D eigenvalue weighted by molar-refractivity contribution is 0.183. The topological polar surface area (TPSA) is 21.3 Å². The number of nitrogens with one attached hydrogen (secondary N) is 1. The minimum absolute atomic E-state index is 0.366. The minimum Gasteiger partial charge on any atom is -0.385 e. The average Bonchev–Trinajstić information content (AvgIpc) is 2.52. The van der Waals surface area contributed by atoms with Crippen molar-refractivity contribution in [2.75, 3.05) is 20.3 Å². The van der Waals surface area contributed by atoms with E-state index in [1.165, 1.54) is 16.7 Å². The molecule has 0 saturated carbocycles. The van der Waals surface area contributed by atoms with E-state index in [0.29, 0.717) is 6.04 Å². The van der Waals surface area contributed by atoms with E-state index in [1.807, 2.05) is 6.07 Å². The number of hydrogen-bond donors (Lipinski definition) is 1. The predicted molar refractivity (Wildman–Crippen MR) is 84.8 cm³/mol. The van der Waals surface area contributed by atoms with E-state index in [4.69, 9.17) is 4.74 Å². The molecule has 0 heterocycles. The monoisotopic (exact) mass is 269 g/mol. The number of ether oxygens (including phenoxy) is 1. The first-order valence-corrected chi connectivity index (χ1v) is 7.23. The Bertz CT molecular complexity index is 493. The fraction of sp³-hybridized carbons (Fsp3) is 0.333. The molecule has 2 aromatic carbocycles. The molecule has 20 heavy (non-hydrogen) atoms. The standard InChI is InChI=1S/C18H23NO/c1-3-19-18(13-14-20-2)17-11-9-16(10-12-17)15-7-5-4-6-8-15/h4-12,18-19H,3,13-14H2,1-2H3. The highest BCUT2D eigenvalue weighted by Gasteiger charge is 2.09. The van der Waals surface area contributed by atoms with Crippen LogP contribution in [0.2, 0.25) is 0 Å². The molecule has 0 saturated heterocycles. The molecule has 1 N–H and O–H groups in total. The van der Waals surface area contributed by atoms with Gasteiger partial charge in [0.25, 0.3) is 0 Å². The zero-order valence-corrected chi connectivity index (χ0v) is 12.3. The molecule has 0 bridgehead atoms. The normalized spacial score (nSPS) is 12.3. The largest absolute Gasteiger partial charge is 0.385 e. The summed E-state index contributed by atoms with van der Waals surface area (Å²) in [4.78, 5) is 0. The van der Waals surface area contributed by atoms with Gasteiger partial charge in [0, 0.05) is 19.8 Å². The van der Waals surface area contributed by atoms with Crippen molar-refractivity contribution in [2.24, 2.45) is 0 Å². The maximum absolute atomic E-state index is 5.19. The summed E-state index contributed by atoms with van der Waals surface area (Å²) in [7, 11) is 1.75. The second-order valence-electron chi connectivity index (χ2n) is 4.88. The maximum Gasteiger partial charge on any atom is 0.0480 e. The zero-order valence-electron chi connectivity index (χ0n) is 12.3. The van der Waals surface area contributed by atoms with Crippen LogP contribution in [0.15, 0.2) is 54.6 Å². The molecule has 1 unspecified atom stereocenters. The number of hydrogen-bond acceptors (Lipinski definition) is 2. The SMILES string of the molecule is CCNC(CCOC)c1ccc(-c2ccccc2)cc1. The molecule has 0 aliphatic carbocycles. The number of benzene rings is 2. The van der Waals surface area contributed by atoms with Crippen LogP contribution in [0.25, 0.3) is 11.1 Å². The molecular weight excluding hydrogens is 246 g/mol. The zero-order chi connectivity index (χ0) is 14.2. The van der Waals surface area contributed by atoms with E-state index in [2.05, 4.69) is 60.8 Å². The van der Waals surface area contributed by atoms with Crippen molar-refractivity contribution < 1.29 is 4.74 Å². The Morgan fingerprint density at radius 2 is 1.60 bits per heavy atom. The van der Waals surface area contributed by atoms with Crippen molar-refractivity contribution in [2.45, 2.75) is 19.4 Å². The van der Waals surface area contributed by atoms with Crippen molar-refractivity contribution in [1.82, 2.24) is 5.32 Å². The van der Waals surface area contributed by atoms with Crippen LogP contribution in [0.5, 0.6) is 0 Å². The molecule has 1 atom stereocenters. The van der Waals surface area contributed by atoms with Gasteiger partial charge in [-0.2, -0.15) is 0 Å². The first kappa shape index (κ1) is 14.8. The summed E-state index contributed by atoms with van der Waals surface area (Å²) in [6, 6.07) is 19.7. The molecule has 2 rings (SSSR count). The van der Waals surface area contributed by atoms with E-state index in [-0.39, 0.29) is 0 Å². The van der Waals surface area contributed by atoms with Gasteiger partial charge in [-0.25, -0.2) is 0 Å². The van der Waals surface area contributed by atoms with Gasteiger partial charge in [0.1, 0.15) is 0 Å². The summed E-state index contributed by atoms with van der Waals surface area (Å²) in [5.74, 6) is 0. The van der Waals surface area contributed by atoms with E-state index in [0.717, 1.165) is 19.6 Å². The summed E-state index contributed by atoms with van der Waals surface area (Å²) in [5.41, 5.74) is 3.84. The van der Waals surface area contributed by atoms with E-state index < -0.39 is 0 Å². The Hall–Kier alpha value is -1.64. The number of methoxy groups -OCH3 is 1. The van der Waals surface area contributed by atoms with Crippen molar-refractivity contribution in [1.29, 1.82) is 0 Å². The molecule has 0 spiro atoms. The van der Waals surface area contributed by atoms with Gasteiger partial charge >= 0.3 is 0 Å². The summed E-state index contributed by atoms with van der Waals surface area (Å²) >= 11 is 0. The maximum atomic E-state index is 5.19. The van der Waals surface area contributed by atoms with Crippen molar-refractivity contribution in [3.63, 3.8) is 0 Å². The van der Waals surface area contributed by atoms with Crippen LogP contribution in [-0.4, -0.2) is 20.3 Å². The van der Waals surface area contributed by atoms with Crippen LogP contribution in [0.4, 0.5) is 0 Å². The van der Waals surface area contributed by atoms with Crippen LogP contribution < -0.4 is 5.32 Å². The lowest BCUT2D eigenvalue weighted by Crippen LogP contribution is -2.22. The molecule has 0 aromatic heterocycles. The highest BCUT2D eigenvalue weighted by atomic mass is 16.5. The summed E-state index contributed by atoms with van der Waals surface area (Å²) in [6.07, 6.45) is 0.995. The third-order valence-corrected chi connectivity index (χ3v) is 3.48. The fourth-order valence-corrected chi connectivity index (χ4v) is 2.41. The van der Waals surface area contributed by atoms with Crippen molar-refractivity contribution in [3.05, 3.63) is 60.2 Å². The second-order valence-corrected chi connectivity index (χ2v) is 4.88. The second kappa shape index (κ2) is 7.83. The molecule has 2 aromatic rings. The van der Waals surface area contributed by atoms with Crippen molar-refractivity contribution >= 4 is 0 Å². The molecule has 0 aliphatic heterocycles. The van der Waals surface area contributed by atoms with Crippen LogP contribution in [-0.2, 0) is 4.74 Å². The van der Waals surface area contributed by atoms with Crippen LogP contribution in [0.1, 0.15) is 24.9 Å². The molecule has 2 heteroatoms. The molecule has 2 nitrogen and oxygen atoms in total. The van der Waals surface area contributed by atoms with E-state index >= 15 is 0 Å². The summed E-state index contributed by atoms with van der Waals surface area (Å²) in [5, 5.41) is 3.51. The van der Waals surface area contributed by atoms with Gasteiger partial charge in [0.15, 0.2) is 0 Å². The van der Waals surface area contributed by atoms with Gasteiger partial charge in [0.05, 0.1) is 0 Å². The Morgan fingerprint density at radius 1 is 0.950 bits per heavy atom. The van der Waals surface area contributed by atoms with Crippen molar-refractivity contribution in [3.8, 4) is 11.1 Å². The average molecular weight is 269 g/mol. The number of rotatable bonds is 7. The predicted octanol–water partition coefficient (Wildman–Crippen LogP) is 4.04. The summed E-state index contributed by atoms with van der Waals surface area (Å²) in [6.45, 7) is 3.88. The van der Waals surface area contributed by atoms with Crippen LogP contribution >= 0.6 is 0 Å². The lowest BCUT2D eigenvalue weighted by atomic mass is 9.99. The van der Waals surface area contributed by atoms with E-state index in [1.54, 1.807) is 7.11 Å². The molecule has 0 amide bonds. The fourth-order valence-electron chi connectivity index (χ4n) is 2.41. The van der Waals surface area contributed by atoms with Crippen LogP contribution in [0, 0.1) is 0 Å². The van der Waals surface area contributed by atoms with E-state index in [9.17, 15) is 0 Å². The van der Waals surface area contributed by atoms with Gasteiger partial charge in [-0.3, -0.25) is 0 Å². The molecule has 106 valence electrons. The molecular formula is C18H23NO. The minimum atomic E-state index is 0.366. The first-order chi connectivity index (χ1) is 9.85. The quantitative estimate of drug-likeness (QED) is 0.819. The molecule has 0 fully saturated rings. The van der Waals surface area contributed by atoms with Gasteiger partial charge in [-0.15, -0.1) is 0 Å². The molecule has 0 radical (unpaired) electrons. The lowest BCUT2D eigenvalue weighted by Gasteiger charge is -2.18. The Labute approximate surface area is 121 Å².